The van der Waals surface area contributed by atoms with E-state index < -0.39 is 0 Å². The highest BCUT2D eigenvalue weighted by molar-refractivity contribution is 5.90. The van der Waals surface area contributed by atoms with Crippen molar-refractivity contribution < 1.29 is 9.53 Å². The van der Waals surface area contributed by atoms with Crippen LogP contribution in [0.4, 0.5) is 5.69 Å². The number of anilines is 1. The van der Waals surface area contributed by atoms with Crippen molar-refractivity contribution in [3.8, 4) is 23.1 Å². The number of nitrogens with zero attached hydrogens (tertiary/aromatic N) is 3. The van der Waals surface area contributed by atoms with Gasteiger partial charge in [-0.2, -0.15) is 4.98 Å². The van der Waals surface area contributed by atoms with Crippen LogP contribution >= 0.6 is 0 Å². The first-order chi connectivity index (χ1) is 15.0. The van der Waals surface area contributed by atoms with Crippen molar-refractivity contribution in [3.05, 3.63) is 54.1 Å². The third-order valence-corrected chi connectivity index (χ3v) is 4.85. The Hall–Kier alpha value is -3.15. The summed E-state index contributed by atoms with van der Waals surface area (Å²) < 4.78 is 7.56. The lowest BCUT2D eigenvalue weighted by Gasteiger charge is -2.09. The van der Waals surface area contributed by atoms with Crippen molar-refractivity contribution in [1.29, 1.82) is 0 Å². The molecule has 0 saturated carbocycles. The van der Waals surface area contributed by atoms with Gasteiger partial charge in [0.15, 0.2) is 5.82 Å². The normalized spacial score (nSPS) is 11.0. The second-order valence-corrected chi connectivity index (χ2v) is 8.25. The van der Waals surface area contributed by atoms with Gasteiger partial charge in [0.25, 0.3) is 0 Å². The van der Waals surface area contributed by atoms with Gasteiger partial charge in [-0.25, -0.2) is 4.68 Å². The summed E-state index contributed by atoms with van der Waals surface area (Å²) in [6, 6.07) is 16.2. The van der Waals surface area contributed by atoms with E-state index in [1.165, 1.54) is 5.56 Å². The number of unbranched alkanes of at least 4 members (excludes halogenated alkanes) is 2. The molecule has 1 heterocycles. The predicted molar refractivity (Wildman–Crippen MR) is 125 cm³/mol. The Balaban J connectivity index is 1.82. The van der Waals surface area contributed by atoms with Crippen LogP contribution < -0.4 is 10.1 Å². The number of benzene rings is 2. The van der Waals surface area contributed by atoms with Crippen LogP contribution in [0.1, 0.15) is 52.0 Å². The number of ether oxygens (including phenoxy) is 1. The minimum Gasteiger partial charge on any atom is -0.462 e. The highest BCUT2D eigenvalue weighted by atomic mass is 16.5. The van der Waals surface area contributed by atoms with Crippen molar-refractivity contribution in [1.82, 2.24) is 14.8 Å². The molecule has 2 aromatic carbocycles. The molecule has 3 aromatic rings. The van der Waals surface area contributed by atoms with E-state index >= 15 is 0 Å². The fourth-order valence-electron chi connectivity index (χ4n) is 3.11. The summed E-state index contributed by atoms with van der Waals surface area (Å²) in [6.45, 7) is 8.92. The molecule has 0 atom stereocenters. The van der Waals surface area contributed by atoms with Gasteiger partial charge in [-0.05, 0) is 43.5 Å². The standard InChI is InChI=1S/C25H32N4O2/c1-5-6-7-8-23(30)26-21-13-15-22(16-14-21)29-24(20-11-9-19(4)10-12-20)27-25(28-29)31-17-18(2)3/h9-16,18H,5-8,17H2,1-4H3,(H,26,30). The summed E-state index contributed by atoms with van der Waals surface area (Å²) in [7, 11) is 0. The second-order valence-electron chi connectivity index (χ2n) is 8.25. The van der Waals surface area contributed by atoms with Gasteiger partial charge in [0.2, 0.25) is 5.91 Å². The third-order valence-electron chi connectivity index (χ3n) is 4.85. The lowest BCUT2D eigenvalue weighted by atomic mass is 10.1. The Morgan fingerprint density at radius 1 is 1.06 bits per heavy atom. The number of nitrogens with one attached hydrogen (secondary N) is 1. The van der Waals surface area contributed by atoms with Crippen LogP contribution in [0, 0.1) is 12.8 Å². The minimum atomic E-state index is 0.0478. The molecule has 31 heavy (non-hydrogen) atoms. The lowest BCUT2D eigenvalue weighted by molar-refractivity contribution is -0.116. The lowest BCUT2D eigenvalue weighted by Crippen LogP contribution is -2.11. The maximum Gasteiger partial charge on any atom is 0.336 e. The van der Waals surface area contributed by atoms with E-state index in [0.29, 0.717) is 25.0 Å². The van der Waals surface area contributed by atoms with Gasteiger partial charge in [-0.1, -0.05) is 63.4 Å². The number of aryl methyl sites for hydroxylation is 1. The van der Waals surface area contributed by atoms with E-state index in [1.807, 2.05) is 36.4 Å². The Morgan fingerprint density at radius 3 is 2.42 bits per heavy atom. The fraction of sp³-hybridized carbons (Fsp3) is 0.400. The number of carbonyl (C=O) groups is 1. The zero-order valence-corrected chi connectivity index (χ0v) is 18.9. The maximum absolute atomic E-state index is 12.1. The predicted octanol–water partition coefficient (Wildman–Crippen LogP) is 5.80. The van der Waals surface area contributed by atoms with Crippen LogP contribution in [-0.2, 0) is 4.79 Å². The summed E-state index contributed by atoms with van der Waals surface area (Å²) in [5, 5.41) is 7.55. The van der Waals surface area contributed by atoms with Gasteiger partial charge in [-0.3, -0.25) is 4.79 Å². The van der Waals surface area contributed by atoms with Crippen LogP contribution in [0.2, 0.25) is 0 Å². The van der Waals surface area contributed by atoms with Crippen LogP contribution in [0.3, 0.4) is 0 Å². The third kappa shape index (κ3) is 6.41. The molecule has 0 fully saturated rings. The first kappa shape index (κ1) is 22.5. The first-order valence-electron chi connectivity index (χ1n) is 11.0. The van der Waals surface area contributed by atoms with Gasteiger partial charge in [0, 0.05) is 17.7 Å². The van der Waals surface area contributed by atoms with E-state index in [4.69, 9.17) is 4.74 Å². The van der Waals surface area contributed by atoms with Crippen molar-refractivity contribution in [2.75, 3.05) is 11.9 Å². The monoisotopic (exact) mass is 420 g/mol. The maximum atomic E-state index is 12.1. The molecule has 0 aliphatic heterocycles. The summed E-state index contributed by atoms with van der Waals surface area (Å²) in [5.41, 5.74) is 3.78. The van der Waals surface area contributed by atoms with E-state index in [0.717, 1.165) is 42.0 Å². The molecule has 0 spiro atoms. The van der Waals surface area contributed by atoms with Crippen molar-refractivity contribution in [3.63, 3.8) is 0 Å². The molecular weight excluding hydrogens is 388 g/mol. The molecule has 6 nitrogen and oxygen atoms in total. The Morgan fingerprint density at radius 2 is 1.77 bits per heavy atom. The minimum absolute atomic E-state index is 0.0478. The summed E-state index contributed by atoms with van der Waals surface area (Å²) in [5.74, 6) is 1.15. The van der Waals surface area contributed by atoms with Crippen LogP contribution in [0.15, 0.2) is 48.5 Å². The molecule has 0 unspecified atom stereocenters. The second kappa shape index (κ2) is 10.8. The number of rotatable bonds is 10. The van der Waals surface area contributed by atoms with Gasteiger partial charge in [-0.15, -0.1) is 5.10 Å². The van der Waals surface area contributed by atoms with Crippen LogP contribution in [0.25, 0.3) is 17.1 Å². The van der Waals surface area contributed by atoms with E-state index in [-0.39, 0.29) is 5.91 Å². The fourth-order valence-corrected chi connectivity index (χ4v) is 3.11. The van der Waals surface area contributed by atoms with Crippen molar-refractivity contribution in [2.24, 2.45) is 5.92 Å². The summed E-state index contributed by atoms with van der Waals surface area (Å²) in [6.07, 6.45) is 3.64. The van der Waals surface area contributed by atoms with E-state index in [2.05, 4.69) is 55.2 Å². The van der Waals surface area contributed by atoms with E-state index in [9.17, 15) is 4.79 Å². The number of aromatic nitrogens is 3. The van der Waals surface area contributed by atoms with Gasteiger partial charge in [0.1, 0.15) is 0 Å². The average molecular weight is 421 g/mol. The highest BCUT2D eigenvalue weighted by Gasteiger charge is 2.15. The Bertz CT molecular complexity index is 976. The molecule has 1 N–H and O–H groups in total. The molecule has 0 aliphatic carbocycles. The topological polar surface area (TPSA) is 69.0 Å². The number of hydrogen-bond acceptors (Lipinski definition) is 4. The Kier molecular flexibility index (Phi) is 7.82. The van der Waals surface area contributed by atoms with Gasteiger partial charge in [0.05, 0.1) is 12.3 Å². The van der Waals surface area contributed by atoms with Crippen molar-refractivity contribution in [2.45, 2.75) is 53.4 Å². The largest absolute Gasteiger partial charge is 0.462 e. The molecule has 1 amide bonds. The molecule has 3 rings (SSSR count). The molecule has 1 aromatic heterocycles. The SMILES string of the molecule is CCCCCC(=O)Nc1ccc(-n2nc(OCC(C)C)nc2-c2ccc(C)cc2)cc1. The highest BCUT2D eigenvalue weighted by Crippen LogP contribution is 2.25. The Labute approximate surface area is 184 Å². The van der Waals surface area contributed by atoms with Crippen LogP contribution in [0.5, 0.6) is 6.01 Å². The molecule has 0 saturated heterocycles. The molecule has 164 valence electrons. The van der Waals surface area contributed by atoms with Gasteiger partial charge >= 0.3 is 6.01 Å². The van der Waals surface area contributed by atoms with Crippen LogP contribution in [-0.4, -0.2) is 27.3 Å². The zero-order valence-electron chi connectivity index (χ0n) is 18.9. The smallest absolute Gasteiger partial charge is 0.336 e. The molecule has 0 aliphatic rings. The summed E-state index contributed by atoms with van der Waals surface area (Å²) >= 11 is 0. The van der Waals surface area contributed by atoms with E-state index in [1.54, 1.807) is 4.68 Å². The zero-order chi connectivity index (χ0) is 22.2. The van der Waals surface area contributed by atoms with Crippen molar-refractivity contribution >= 4 is 11.6 Å². The number of carbonyl (C=O) groups excluding carboxylic acids is 1. The first-order valence-corrected chi connectivity index (χ1v) is 11.0. The molecular formula is C25H32N4O2. The summed E-state index contributed by atoms with van der Waals surface area (Å²) in [4.78, 5) is 16.7. The quantitative estimate of drug-likeness (QED) is 0.421. The number of amides is 1. The average Bonchev–Trinajstić information content (AvgIpc) is 3.18. The molecule has 0 radical (unpaired) electrons. The van der Waals surface area contributed by atoms with Gasteiger partial charge < -0.3 is 10.1 Å². The molecule has 0 bridgehead atoms. The molecule has 6 heteroatoms. The number of hydrogen-bond donors (Lipinski definition) is 1.